The lowest BCUT2D eigenvalue weighted by Crippen LogP contribution is -2.52. The van der Waals surface area contributed by atoms with Crippen LogP contribution in [-0.4, -0.2) is 43.7 Å². The molecule has 1 aliphatic heterocycles. The summed E-state index contributed by atoms with van der Waals surface area (Å²) in [4.78, 5) is 15.9. The van der Waals surface area contributed by atoms with Gasteiger partial charge in [0, 0.05) is 32.7 Å². The van der Waals surface area contributed by atoms with Crippen molar-refractivity contribution in [1.29, 1.82) is 0 Å². The lowest BCUT2D eigenvalue weighted by atomic mass is 10.2. The maximum absolute atomic E-state index is 11.9. The molecule has 0 spiro atoms. The van der Waals surface area contributed by atoms with Crippen LogP contribution in [0.1, 0.15) is 13.3 Å². The molecule has 0 radical (unpaired) electrons. The molecule has 1 N–H and O–H groups in total. The van der Waals surface area contributed by atoms with E-state index >= 15 is 0 Å². The van der Waals surface area contributed by atoms with Crippen molar-refractivity contribution in [1.82, 2.24) is 10.2 Å². The van der Waals surface area contributed by atoms with Crippen LogP contribution in [0.5, 0.6) is 0 Å². The lowest BCUT2D eigenvalue weighted by molar-refractivity contribution is 0.194. The molecule has 0 atom stereocenters. The van der Waals surface area contributed by atoms with E-state index in [0.717, 1.165) is 31.7 Å². The minimum atomic E-state index is 0.0173. The van der Waals surface area contributed by atoms with Gasteiger partial charge >= 0.3 is 6.03 Å². The van der Waals surface area contributed by atoms with Crippen molar-refractivity contribution in [2.45, 2.75) is 13.3 Å². The summed E-state index contributed by atoms with van der Waals surface area (Å²) < 4.78 is 0. The number of nitrogens with one attached hydrogen (secondary N) is 1. The first kappa shape index (κ1) is 15.3. The van der Waals surface area contributed by atoms with Gasteiger partial charge in [0.1, 0.15) is 0 Å². The largest absolute Gasteiger partial charge is 0.367 e. The van der Waals surface area contributed by atoms with Gasteiger partial charge in [-0.1, -0.05) is 36.2 Å². The molecule has 6 heteroatoms. The lowest BCUT2D eigenvalue weighted by Gasteiger charge is -2.36. The minimum absolute atomic E-state index is 0.0173. The molecule has 110 valence electrons. The second-order valence-corrected chi connectivity index (χ2v) is 5.56. The van der Waals surface area contributed by atoms with Gasteiger partial charge in [-0.25, -0.2) is 4.79 Å². The van der Waals surface area contributed by atoms with Crippen LogP contribution in [0.2, 0.25) is 10.0 Å². The number of piperazine rings is 1. The van der Waals surface area contributed by atoms with Crippen LogP contribution < -0.4 is 10.2 Å². The molecule has 0 unspecified atom stereocenters. The standard InChI is InChI=1S/C14H19Cl2N3O/c1-2-6-17-14(20)19-9-7-18(8-10-19)12-5-3-4-11(15)13(12)16/h3-5H,2,6-10H2,1H3,(H,17,20). The zero-order valence-electron chi connectivity index (χ0n) is 11.5. The highest BCUT2D eigenvalue weighted by Gasteiger charge is 2.22. The van der Waals surface area contributed by atoms with E-state index in [4.69, 9.17) is 23.2 Å². The quantitative estimate of drug-likeness (QED) is 0.929. The second-order valence-electron chi connectivity index (χ2n) is 4.78. The van der Waals surface area contributed by atoms with Gasteiger partial charge in [-0.05, 0) is 18.6 Å². The van der Waals surface area contributed by atoms with E-state index in [2.05, 4.69) is 10.2 Å². The van der Waals surface area contributed by atoms with Gasteiger partial charge in [0.25, 0.3) is 0 Å². The fourth-order valence-corrected chi connectivity index (χ4v) is 2.65. The smallest absolute Gasteiger partial charge is 0.317 e. The molecule has 4 nitrogen and oxygen atoms in total. The molecule has 2 amide bonds. The van der Waals surface area contributed by atoms with Gasteiger partial charge in [0.05, 0.1) is 15.7 Å². The predicted octanol–water partition coefficient (Wildman–Crippen LogP) is 3.24. The second kappa shape index (κ2) is 7.04. The Morgan fingerprint density at radius 1 is 1.25 bits per heavy atom. The highest BCUT2D eigenvalue weighted by molar-refractivity contribution is 6.43. The van der Waals surface area contributed by atoms with Crippen LogP contribution in [0.25, 0.3) is 0 Å². The van der Waals surface area contributed by atoms with Crippen LogP contribution >= 0.6 is 23.2 Å². The Kier molecular flexibility index (Phi) is 5.38. The van der Waals surface area contributed by atoms with Crippen LogP contribution in [0.15, 0.2) is 18.2 Å². The Morgan fingerprint density at radius 2 is 1.95 bits per heavy atom. The molecular weight excluding hydrogens is 297 g/mol. The summed E-state index contributed by atoms with van der Waals surface area (Å²) in [6, 6.07) is 5.65. The zero-order valence-corrected chi connectivity index (χ0v) is 13.0. The highest BCUT2D eigenvalue weighted by Crippen LogP contribution is 2.32. The zero-order chi connectivity index (χ0) is 14.5. The van der Waals surface area contributed by atoms with Gasteiger partial charge in [-0.3, -0.25) is 0 Å². The average molecular weight is 316 g/mol. The van der Waals surface area contributed by atoms with Crippen molar-refractivity contribution in [3.63, 3.8) is 0 Å². The first-order valence-corrected chi connectivity index (χ1v) is 7.60. The van der Waals surface area contributed by atoms with E-state index in [1.807, 2.05) is 24.0 Å². The highest BCUT2D eigenvalue weighted by atomic mass is 35.5. The monoisotopic (exact) mass is 315 g/mol. The molecule has 1 heterocycles. The Bertz CT molecular complexity index is 473. The molecular formula is C14H19Cl2N3O. The molecule has 0 saturated carbocycles. The number of nitrogens with zero attached hydrogens (tertiary/aromatic N) is 2. The number of amides is 2. The topological polar surface area (TPSA) is 35.6 Å². The molecule has 2 rings (SSSR count). The van der Waals surface area contributed by atoms with Crippen molar-refractivity contribution in [2.24, 2.45) is 0 Å². The maximum atomic E-state index is 11.9. The Hall–Kier alpha value is -1.13. The summed E-state index contributed by atoms with van der Waals surface area (Å²) in [5.41, 5.74) is 0.938. The molecule has 1 saturated heterocycles. The first-order chi connectivity index (χ1) is 9.63. The summed E-state index contributed by atoms with van der Waals surface area (Å²) in [6.45, 7) is 5.68. The molecule has 1 fully saturated rings. The SMILES string of the molecule is CCCNC(=O)N1CCN(c2cccc(Cl)c2Cl)CC1. The van der Waals surface area contributed by atoms with E-state index in [1.165, 1.54) is 0 Å². The summed E-state index contributed by atoms with van der Waals surface area (Å²) in [5.74, 6) is 0. The molecule has 20 heavy (non-hydrogen) atoms. The number of carbonyl (C=O) groups excluding carboxylic acids is 1. The van der Waals surface area contributed by atoms with Gasteiger partial charge < -0.3 is 15.1 Å². The van der Waals surface area contributed by atoms with Gasteiger partial charge in [0.15, 0.2) is 0 Å². The third kappa shape index (κ3) is 3.49. The fourth-order valence-electron chi connectivity index (χ4n) is 2.23. The number of hydrogen-bond acceptors (Lipinski definition) is 2. The van der Waals surface area contributed by atoms with Crippen LogP contribution in [0, 0.1) is 0 Å². The van der Waals surface area contributed by atoms with Crippen molar-refractivity contribution in [3.8, 4) is 0 Å². The average Bonchev–Trinajstić information content (AvgIpc) is 2.48. The number of carbonyl (C=O) groups is 1. The number of benzene rings is 1. The van der Waals surface area contributed by atoms with E-state index < -0.39 is 0 Å². The third-order valence-electron chi connectivity index (χ3n) is 3.37. The first-order valence-electron chi connectivity index (χ1n) is 6.85. The number of rotatable bonds is 3. The Labute approximate surface area is 129 Å². The Balaban J connectivity index is 1.94. The third-order valence-corrected chi connectivity index (χ3v) is 4.17. The van der Waals surface area contributed by atoms with Crippen molar-refractivity contribution in [3.05, 3.63) is 28.2 Å². The van der Waals surface area contributed by atoms with Gasteiger partial charge in [-0.2, -0.15) is 0 Å². The van der Waals surface area contributed by atoms with Gasteiger partial charge in [-0.15, -0.1) is 0 Å². The van der Waals surface area contributed by atoms with Gasteiger partial charge in [0.2, 0.25) is 0 Å². The number of hydrogen-bond donors (Lipinski definition) is 1. The molecule has 1 aliphatic rings. The van der Waals surface area contributed by atoms with E-state index in [0.29, 0.717) is 23.1 Å². The van der Waals surface area contributed by atoms with E-state index in [9.17, 15) is 4.79 Å². The van der Waals surface area contributed by atoms with Crippen molar-refractivity contribution < 1.29 is 4.79 Å². The molecule has 0 aliphatic carbocycles. The number of halogens is 2. The predicted molar refractivity (Wildman–Crippen MR) is 83.9 cm³/mol. The summed E-state index contributed by atoms with van der Waals surface area (Å²) in [7, 11) is 0. The van der Waals surface area contributed by atoms with Crippen molar-refractivity contribution >= 4 is 34.9 Å². The molecule has 1 aromatic rings. The molecule has 0 aromatic heterocycles. The molecule has 1 aromatic carbocycles. The van der Waals surface area contributed by atoms with Crippen LogP contribution in [0.4, 0.5) is 10.5 Å². The fraction of sp³-hybridized carbons (Fsp3) is 0.500. The number of urea groups is 1. The summed E-state index contributed by atoms with van der Waals surface area (Å²) in [6.07, 6.45) is 0.948. The summed E-state index contributed by atoms with van der Waals surface area (Å²) in [5, 5.41) is 4.04. The normalized spacial score (nSPS) is 15.3. The number of anilines is 1. The minimum Gasteiger partial charge on any atom is -0.367 e. The maximum Gasteiger partial charge on any atom is 0.317 e. The van der Waals surface area contributed by atoms with E-state index in [-0.39, 0.29) is 6.03 Å². The molecule has 0 bridgehead atoms. The summed E-state index contributed by atoms with van der Waals surface area (Å²) >= 11 is 12.3. The van der Waals surface area contributed by atoms with Crippen LogP contribution in [0.3, 0.4) is 0 Å². The van der Waals surface area contributed by atoms with Crippen LogP contribution in [-0.2, 0) is 0 Å². The van der Waals surface area contributed by atoms with E-state index in [1.54, 1.807) is 6.07 Å². The van der Waals surface area contributed by atoms with Crippen molar-refractivity contribution in [2.75, 3.05) is 37.6 Å². The Morgan fingerprint density at radius 3 is 2.60 bits per heavy atom.